The second kappa shape index (κ2) is 32.5. The molecule has 2 aromatic carbocycles. The molecule has 0 aliphatic carbocycles. The van der Waals surface area contributed by atoms with E-state index in [4.69, 9.17) is 28.7 Å². The van der Waals surface area contributed by atoms with Crippen LogP contribution in [0.2, 0.25) is 0 Å². The van der Waals surface area contributed by atoms with Crippen molar-refractivity contribution < 1.29 is 57.8 Å². The van der Waals surface area contributed by atoms with Crippen LogP contribution in [0.15, 0.2) is 83.3 Å². The second-order valence-electron chi connectivity index (χ2n) is 21.0. The number of carboxylic acids is 1. The van der Waals surface area contributed by atoms with Gasteiger partial charge in [0.2, 0.25) is 23.6 Å². The maximum atomic E-state index is 14.9. The number of aromatic amines is 2. The first-order valence-electron chi connectivity index (χ1n) is 27.7. The number of benzene rings is 2. The lowest BCUT2D eigenvalue weighted by atomic mass is 9.88. The number of para-hydroxylation sites is 1. The van der Waals surface area contributed by atoms with Gasteiger partial charge in [-0.3, -0.25) is 62.8 Å². The molecule has 6 rings (SSSR count). The van der Waals surface area contributed by atoms with Crippen LogP contribution in [0, 0.1) is 23.7 Å². The number of amides is 7. The maximum absolute atomic E-state index is 14.9. The Morgan fingerprint density at radius 1 is 0.635 bits per heavy atom. The first-order chi connectivity index (χ1) is 40.6. The lowest BCUT2D eigenvalue weighted by Gasteiger charge is -2.26. The number of aliphatic carboxylic acids is 1. The third-order valence-electron chi connectivity index (χ3n) is 14.5. The molecule has 2 aromatic heterocycles. The fourth-order valence-corrected chi connectivity index (χ4v) is 12.6. The van der Waals surface area contributed by atoms with Crippen molar-refractivity contribution in [3.8, 4) is 0 Å². The maximum Gasteiger partial charge on any atom is 0.325 e. The zero-order valence-corrected chi connectivity index (χ0v) is 48.3. The van der Waals surface area contributed by atoms with Crippen LogP contribution in [0.25, 0.3) is 10.9 Å². The smallest absolute Gasteiger partial charge is 0.325 e. The van der Waals surface area contributed by atoms with Crippen LogP contribution in [0.3, 0.4) is 0 Å². The normalized spacial score (nSPS) is 22.7. The Labute approximate surface area is 497 Å². The van der Waals surface area contributed by atoms with Gasteiger partial charge in [0, 0.05) is 104 Å². The van der Waals surface area contributed by atoms with Crippen molar-refractivity contribution in [2.24, 2.45) is 62.3 Å². The first kappa shape index (κ1) is 65.6. The molecular formula is C56H73N15O12S2. The van der Waals surface area contributed by atoms with Crippen molar-refractivity contribution in [2.45, 2.75) is 108 Å². The Morgan fingerprint density at radius 3 is 1.91 bits per heavy atom. The van der Waals surface area contributed by atoms with E-state index < -0.39 is 158 Å². The number of imidazole rings is 1. The number of carbonyl (C=O) groups is 11. The molecule has 2 fully saturated rings. The number of carboxylic acid groups (broad SMARTS) is 1. The number of hydrogen-bond donors (Lipinski definition) is 12. The molecule has 0 spiro atoms. The van der Waals surface area contributed by atoms with Crippen molar-refractivity contribution in [3.05, 3.63) is 90.1 Å². The molecule has 17 N–H and O–H groups in total. The number of nitrogens with one attached hydrogen (secondary N) is 6. The predicted octanol–water partition coefficient (Wildman–Crippen LogP) is 0.448. The molecule has 2 aliphatic rings. The van der Waals surface area contributed by atoms with Crippen molar-refractivity contribution in [2.75, 3.05) is 31.1 Å². The zero-order valence-electron chi connectivity index (χ0n) is 46.7. The highest BCUT2D eigenvalue weighted by atomic mass is 33.1. The largest absolute Gasteiger partial charge is 0.481 e. The molecule has 29 heteroatoms. The van der Waals surface area contributed by atoms with E-state index in [1.165, 1.54) is 12.5 Å². The molecule has 0 radical (unpaired) electrons. The summed E-state index contributed by atoms with van der Waals surface area (Å²) >= 11 is 0. The summed E-state index contributed by atoms with van der Waals surface area (Å²) in [7, 11) is 2.04. The standard InChI is InChI=1S/C56H73N15O12S2/c57-49(78)35-24-47(75)44(21-34-25-65-40-12-5-4-11-39(34)40)69-50(79)32(10-6-16-63-54(58)59)22-46(74)43(18-31-8-2-1-3-9-31)68-51(80)33(19-37-26-62-30-66-37)23-45(73)41(14-15-48(76)77)67-52(81)36(29-85-84-28-35)20-38(72)27-71-53(82)42(70-56(71)83)13-7-17-64-55(60)61/h1-5,8-9,11-12,25-26,30,32-33,35-36,41-44,65H,6-7,10,13-24,27-29H2,(H2,57,78)(H,62,66)(H,67,81)(H,68,80)(H,69,79)(H,70,83)(H,76,77)(H4,58,59,63)(H4,60,61,64)/t32-,33-,35+,36+,41+,42+,43-,44+/m1/s1. The first-order valence-corrected chi connectivity index (χ1v) is 30.2. The molecule has 4 heterocycles. The van der Waals surface area contributed by atoms with Gasteiger partial charge in [0.15, 0.2) is 35.1 Å². The molecule has 2 saturated heterocycles. The average Bonchev–Trinajstić information content (AvgIpc) is 3.92. The minimum atomic E-state index is -1.55. The third kappa shape index (κ3) is 20.6. The molecule has 7 amide bonds. The van der Waals surface area contributed by atoms with E-state index in [-0.39, 0.29) is 75.0 Å². The summed E-state index contributed by atoms with van der Waals surface area (Å²) in [6.07, 6.45) is 1.71. The molecular weight excluding hydrogens is 1140 g/mol. The number of aliphatic imine (C=N–C) groups is 2. The van der Waals surface area contributed by atoms with Crippen LogP contribution in [-0.2, 0) is 67.2 Å². The number of rotatable bonds is 22. The Hall–Kier alpha value is -8.60. The average molecular weight is 1210 g/mol. The van der Waals surface area contributed by atoms with E-state index in [1.54, 1.807) is 36.5 Å². The number of carbonyl (C=O) groups excluding carboxylic acids is 10. The van der Waals surface area contributed by atoms with Crippen molar-refractivity contribution in [1.82, 2.24) is 41.1 Å². The Bertz CT molecular complexity index is 3090. The van der Waals surface area contributed by atoms with Crippen LogP contribution in [0.4, 0.5) is 4.79 Å². The molecule has 0 unspecified atom stereocenters. The lowest BCUT2D eigenvalue weighted by molar-refractivity contribution is -0.138. The van der Waals surface area contributed by atoms with Gasteiger partial charge in [-0.05, 0) is 55.7 Å². The number of imide groups is 1. The molecule has 456 valence electrons. The minimum absolute atomic E-state index is 0.0358. The minimum Gasteiger partial charge on any atom is -0.481 e. The second-order valence-corrected chi connectivity index (χ2v) is 23.5. The number of nitrogens with two attached hydrogens (primary N) is 5. The number of H-pyrrole nitrogens is 2. The van der Waals surface area contributed by atoms with E-state index in [0.29, 0.717) is 28.1 Å². The number of Topliss-reactive ketones (excluding diaryl/α,β-unsaturated/α-hetero) is 4. The van der Waals surface area contributed by atoms with E-state index in [9.17, 15) is 57.8 Å². The van der Waals surface area contributed by atoms with Gasteiger partial charge in [-0.25, -0.2) is 9.78 Å². The molecule has 2 aliphatic heterocycles. The molecule has 4 aromatic rings. The lowest BCUT2D eigenvalue weighted by Crippen LogP contribution is -2.49. The molecule has 8 atom stereocenters. The molecule has 85 heavy (non-hydrogen) atoms. The molecule has 0 bridgehead atoms. The van der Waals surface area contributed by atoms with Gasteiger partial charge < -0.3 is 65.0 Å². The van der Waals surface area contributed by atoms with Gasteiger partial charge in [0.25, 0.3) is 5.91 Å². The number of urea groups is 1. The Morgan fingerprint density at radius 2 is 1.24 bits per heavy atom. The Balaban J connectivity index is 1.37. The zero-order chi connectivity index (χ0) is 61.6. The summed E-state index contributed by atoms with van der Waals surface area (Å²) in [5.74, 6) is -13.5. The van der Waals surface area contributed by atoms with Gasteiger partial charge in [-0.15, -0.1) is 0 Å². The van der Waals surface area contributed by atoms with Gasteiger partial charge >= 0.3 is 12.0 Å². The number of ketones is 4. The van der Waals surface area contributed by atoms with Crippen LogP contribution < -0.4 is 49.9 Å². The summed E-state index contributed by atoms with van der Waals surface area (Å²) in [6.45, 7) is -0.490. The number of nitrogens with zero attached hydrogens (tertiary/aromatic N) is 4. The van der Waals surface area contributed by atoms with Crippen LogP contribution in [-0.4, -0.2) is 157 Å². The number of guanidine groups is 2. The molecule has 0 saturated carbocycles. The van der Waals surface area contributed by atoms with Gasteiger partial charge in [0.1, 0.15) is 6.04 Å². The number of aromatic nitrogens is 3. The summed E-state index contributed by atoms with van der Waals surface area (Å²) in [5, 5.41) is 21.5. The summed E-state index contributed by atoms with van der Waals surface area (Å²) in [5.41, 5.74) is 30.4. The van der Waals surface area contributed by atoms with Gasteiger partial charge in [0.05, 0.1) is 48.8 Å². The van der Waals surface area contributed by atoms with Crippen molar-refractivity contribution in [1.29, 1.82) is 0 Å². The van der Waals surface area contributed by atoms with E-state index >= 15 is 0 Å². The van der Waals surface area contributed by atoms with Crippen molar-refractivity contribution >= 4 is 109 Å². The number of fused-ring (bicyclic) bond motifs is 1. The fourth-order valence-electron chi connectivity index (χ4n) is 9.93. The van der Waals surface area contributed by atoms with E-state index in [1.807, 2.05) is 24.3 Å². The Kier molecular flexibility index (Phi) is 25.0. The SMILES string of the molecule is NC(=O)[C@@H]1CSSC[C@H](CC(=O)CN2C(=O)N[C@@H](CCCN=C(N)N)C2=O)C(=O)N[C@@H](CCC(=O)O)C(=O)C[C@@H](Cc2cnc[nH]2)C(=O)N[C@H](Cc2ccccc2)C(=O)C[C@@H](CCCN=C(N)N)C(=O)N[C@@H](Cc2c[nH]c3ccccc23)C(=O)C1. The van der Waals surface area contributed by atoms with Crippen molar-refractivity contribution in [3.63, 3.8) is 0 Å². The topological polar surface area (TPSA) is 459 Å². The van der Waals surface area contributed by atoms with Crippen LogP contribution in [0.1, 0.15) is 81.0 Å². The summed E-state index contributed by atoms with van der Waals surface area (Å²) in [4.78, 5) is 173. The van der Waals surface area contributed by atoms with Crippen LogP contribution in [0.5, 0.6) is 0 Å². The summed E-state index contributed by atoms with van der Waals surface area (Å²) < 4.78 is 0. The molecule has 27 nitrogen and oxygen atoms in total. The van der Waals surface area contributed by atoms with Gasteiger partial charge in [-0.1, -0.05) is 70.1 Å². The van der Waals surface area contributed by atoms with E-state index in [2.05, 4.69) is 46.2 Å². The van der Waals surface area contributed by atoms with Crippen LogP contribution >= 0.6 is 21.6 Å². The highest BCUT2D eigenvalue weighted by Crippen LogP contribution is 2.30. The highest BCUT2D eigenvalue weighted by molar-refractivity contribution is 8.76. The van der Waals surface area contributed by atoms with Gasteiger partial charge in [-0.2, -0.15) is 0 Å². The number of hydrogen-bond acceptors (Lipinski definition) is 16. The summed E-state index contributed by atoms with van der Waals surface area (Å²) in [6, 6.07) is 10.0. The highest BCUT2D eigenvalue weighted by Gasteiger charge is 2.40. The fraction of sp³-hybridized carbons (Fsp3) is 0.464. The number of primary amides is 1. The predicted molar refractivity (Wildman–Crippen MR) is 318 cm³/mol. The third-order valence-corrected chi connectivity index (χ3v) is 17.1. The van der Waals surface area contributed by atoms with E-state index in [0.717, 1.165) is 32.5 Å². The monoisotopic (exact) mass is 1210 g/mol. The quantitative estimate of drug-likeness (QED) is 0.0167.